The molecule has 0 aliphatic heterocycles. The van der Waals surface area contributed by atoms with Gasteiger partial charge in [0.2, 0.25) is 0 Å². The number of hydrogen-bond donors (Lipinski definition) is 1. The van der Waals surface area contributed by atoms with Gasteiger partial charge in [-0.25, -0.2) is 0 Å². The van der Waals surface area contributed by atoms with E-state index in [1.54, 1.807) is 0 Å². The summed E-state index contributed by atoms with van der Waals surface area (Å²) < 4.78 is 0. The highest BCUT2D eigenvalue weighted by Crippen LogP contribution is 2.16. The van der Waals surface area contributed by atoms with E-state index in [4.69, 9.17) is 0 Å². The molecule has 1 aromatic rings. The molecule has 0 bridgehead atoms. The van der Waals surface area contributed by atoms with E-state index < -0.39 is 0 Å². The molecule has 0 radical (unpaired) electrons. The summed E-state index contributed by atoms with van der Waals surface area (Å²) in [6, 6.07) is 9.60. The smallest absolute Gasteiger partial charge is 0.0133 e. The quantitative estimate of drug-likeness (QED) is 0.720. The predicted molar refractivity (Wildman–Crippen MR) is 81.0 cm³/mol. The zero-order chi connectivity index (χ0) is 13.4. The minimum Gasteiger partial charge on any atom is -0.313 e. The Bertz CT molecular complexity index is 315. The summed E-state index contributed by atoms with van der Waals surface area (Å²) in [5.41, 5.74) is 2.80. The molecular weight excluding hydrogens is 218 g/mol. The molecule has 0 spiro atoms. The van der Waals surface area contributed by atoms with Crippen molar-refractivity contribution in [3.8, 4) is 0 Å². The van der Waals surface area contributed by atoms with E-state index in [9.17, 15) is 0 Å². The molecule has 1 rings (SSSR count). The van der Waals surface area contributed by atoms with Gasteiger partial charge in [0.25, 0.3) is 0 Å². The van der Waals surface area contributed by atoms with Crippen LogP contribution in [0.4, 0.5) is 0 Å². The van der Waals surface area contributed by atoms with Crippen molar-refractivity contribution in [1.82, 2.24) is 5.32 Å². The van der Waals surface area contributed by atoms with Crippen LogP contribution in [0.1, 0.15) is 51.2 Å². The van der Waals surface area contributed by atoms with Crippen LogP contribution in [0.15, 0.2) is 24.3 Å². The van der Waals surface area contributed by atoms with Crippen LogP contribution in [-0.4, -0.2) is 12.6 Å². The number of rotatable bonds is 8. The Morgan fingerprint density at radius 1 is 1.06 bits per heavy atom. The molecule has 18 heavy (non-hydrogen) atoms. The minimum absolute atomic E-state index is 0.618. The van der Waals surface area contributed by atoms with Gasteiger partial charge in [-0.3, -0.25) is 0 Å². The molecule has 0 amide bonds. The van der Waals surface area contributed by atoms with Crippen molar-refractivity contribution in [1.29, 1.82) is 0 Å². The molecule has 0 aliphatic rings. The van der Waals surface area contributed by atoms with E-state index in [-0.39, 0.29) is 0 Å². The first-order valence-electron chi connectivity index (χ1n) is 7.46. The maximum Gasteiger partial charge on any atom is 0.0133 e. The van der Waals surface area contributed by atoms with E-state index >= 15 is 0 Å². The Balaban J connectivity index is 2.61. The number of benzene rings is 1. The monoisotopic (exact) mass is 247 g/mol. The zero-order valence-electron chi connectivity index (χ0n) is 12.5. The topological polar surface area (TPSA) is 12.0 Å². The number of hydrogen-bond acceptors (Lipinski definition) is 1. The van der Waals surface area contributed by atoms with E-state index in [0.717, 1.165) is 18.9 Å². The summed E-state index contributed by atoms with van der Waals surface area (Å²) in [6.45, 7) is 10.2. The van der Waals surface area contributed by atoms with Gasteiger partial charge in [-0.15, -0.1) is 0 Å². The van der Waals surface area contributed by atoms with Gasteiger partial charge < -0.3 is 5.32 Å². The average molecular weight is 247 g/mol. The zero-order valence-corrected chi connectivity index (χ0v) is 12.5. The van der Waals surface area contributed by atoms with Crippen molar-refractivity contribution in [2.45, 2.75) is 59.4 Å². The summed E-state index contributed by atoms with van der Waals surface area (Å²) in [6.07, 6.45) is 4.96. The Kier molecular flexibility index (Phi) is 7.04. The second-order valence-electron chi connectivity index (χ2n) is 5.52. The number of nitrogens with one attached hydrogen (secondary N) is 1. The second-order valence-corrected chi connectivity index (χ2v) is 5.52. The maximum atomic E-state index is 3.72. The fourth-order valence-electron chi connectivity index (χ4n) is 2.44. The Hall–Kier alpha value is -0.820. The van der Waals surface area contributed by atoms with Gasteiger partial charge in [0.05, 0.1) is 0 Å². The first-order valence-corrected chi connectivity index (χ1v) is 7.46. The van der Waals surface area contributed by atoms with Crippen molar-refractivity contribution in [2.75, 3.05) is 6.54 Å². The average Bonchev–Trinajstić information content (AvgIpc) is 2.37. The first-order chi connectivity index (χ1) is 8.67. The molecule has 0 fully saturated rings. The second kappa shape index (κ2) is 8.31. The summed E-state index contributed by atoms with van der Waals surface area (Å²) in [4.78, 5) is 0. The van der Waals surface area contributed by atoms with Gasteiger partial charge in [0.1, 0.15) is 0 Å². The molecule has 0 aliphatic carbocycles. The fourth-order valence-corrected chi connectivity index (χ4v) is 2.44. The molecule has 102 valence electrons. The van der Waals surface area contributed by atoms with Crippen molar-refractivity contribution in [2.24, 2.45) is 5.92 Å². The third-order valence-corrected chi connectivity index (χ3v) is 3.66. The van der Waals surface area contributed by atoms with Crippen molar-refractivity contribution in [3.05, 3.63) is 35.4 Å². The SMILES string of the molecule is CCCNC(Cc1ccc(C)cc1)C(C)CCC. The van der Waals surface area contributed by atoms with E-state index in [1.807, 2.05) is 0 Å². The van der Waals surface area contributed by atoms with Crippen LogP contribution in [0, 0.1) is 12.8 Å². The normalized spacial score (nSPS) is 14.4. The van der Waals surface area contributed by atoms with Crippen LogP contribution >= 0.6 is 0 Å². The lowest BCUT2D eigenvalue weighted by molar-refractivity contribution is 0.352. The van der Waals surface area contributed by atoms with Gasteiger partial charge >= 0.3 is 0 Å². The fraction of sp³-hybridized carbons (Fsp3) is 0.647. The van der Waals surface area contributed by atoms with Gasteiger partial charge in [0, 0.05) is 6.04 Å². The van der Waals surface area contributed by atoms with Crippen LogP contribution in [0.3, 0.4) is 0 Å². The molecule has 1 N–H and O–H groups in total. The van der Waals surface area contributed by atoms with Gasteiger partial charge in [-0.1, -0.05) is 57.0 Å². The lowest BCUT2D eigenvalue weighted by Gasteiger charge is -2.25. The Morgan fingerprint density at radius 3 is 2.28 bits per heavy atom. The lowest BCUT2D eigenvalue weighted by Crippen LogP contribution is -2.37. The molecule has 0 aromatic heterocycles. The molecule has 0 heterocycles. The van der Waals surface area contributed by atoms with Gasteiger partial charge in [-0.05, 0) is 44.2 Å². The molecule has 1 heteroatoms. The lowest BCUT2D eigenvalue weighted by atomic mass is 9.91. The summed E-state index contributed by atoms with van der Waals surface area (Å²) in [7, 11) is 0. The highest BCUT2D eigenvalue weighted by molar-refractivity contribution is 5.22. The largest absolute Gasteiger partial charge is 0.313 e. The first kappa shape index (κ1) is 15.2. The van der Waals surface area contributed by atoms with Crippen molar-refractivity contribution >= 4 is 0 Å². The van der Waals surface area contributed by atoms with Crippen molar-refractivity contribution < 1.29 is 0 Å². The van der Waals surface area contributed by atoms with E-state index in [0.29, 0.717) is 6.04 Å². The molecular formula is C17H29N. The third-order valence-electron chi connectivity index (χ3n) is 3.66. The van der Waals surface area contributed by atoms with Crippen molar-refractivity contribution in [3.63, 3.8) is 0 Å². The van der Waals surface area contributed by atoms with E-state index in [1.165, 1.54) is 30.4 Å². The van der Waals surface area contributed by atoms with Crippen LogP contribution in [0.25, 0.3) is 0 Å². The Morgan fingerprint density at radius 2 is 1.72 bits per heavy atom. The molecule has 2 atom stereocenters. The molecule has 1 nitrogen and oxygen atoms in total. The van der Waals surface area contributed by atoms with Crippen LogP contribution in [0.2, 0.25) is 0 Å². The van der Waals surface area contributed by atoms with Crippen LogP contribution in [-0.2, 0) is 6.42 Å². The maximum absolute atomic E-state index is 3.72. The number of aryl methyl sites for hydroxylation is 1. The van der Waals surface area contributed by atoms with Gasteiger partial charge in [-0.2, -0.15) is 0 Å². The molecule has 1 aromatic carbocycles. The van der Waals surface area contributed by atoms with Crippen LogP contribution < -0.4 is 5.32 Å². The molecule has 2 unspecified atom stereocenters. The van der Waals surface area contributed by atoms with E-state index in [2.05, 4.69) is 57.3 Å². The highest BCUT2D eigenvalue weighted by Gasteiger charge is 2.16. The Labute approximate surface area is 113 Å². The van der Waals surface area contributed by atoms with Crippen LogP contribution in [0.5, 0.6) is 0 Å². The molecule has 0 saturated heterocycles. The third kappa shape index (κ3) is 5.22. The highest BCUT2D eigenvalue weighted by atomic mass is 14.9. The summed E-state index contributed by atoms with van der Waals surface area (Å²) in [5.74, 6) is 0.753. The summed E-state index contributed by atoms with van der Waals surface area (Å²) in [5, 5.41) is 3.72. The molecule has 0 saturated carbocycles. The van der Waals surface area contributed by atoms with Gasteiger partial charge in [0.15, 0.2) is 0 Å². The summed E-state index contributed by atoms with van der Waals surface area (Å²) >= 11 is 0. The predicted octanol–water partition coefficient (Wildman–Crippen LogP) is 4.34. The minimum atomic E-state index is 0.618. The standard InChI is InChI=1S/C17H29N/c1-5-7-15(4)17(18-12-6-2)13-16-10-8-14(3)9-11-16/h8-11,15,17-18H,5-7,12-13H2,1-4H3.